The molecule has 0 aliphatic heterocycles. The molecule has 0 spiro atoms. The molecule has 0 bridgehead atoms. The number of alkyl halides is 3. The number of thioether (sulfide) groups is 1. The van der Waals surface area contributed by atoms with Gasteiger partial charge in [0.1, 0.15) is 11.6 Å². The molecular formula is C20H16F4N2OS. The quantitative estimate of drug-likeness (QED) is 0.280. The molecular weight excluding hydrogens is 392 g/mol. The second kappa shape index (κ2) is 8.18. The average molecular weight is 408 g/mol. The molecule has 0 N–H and O–H groups in total. The van der Waals surface area contributed by atoms with Crippen molar-refractivity contribution in [2.24, 2.45) is 0 Å². The standard InChI is InChI=1S/C20H16F4N2OS/c1-12-6-7-16(8-13(12)2)27-18-10-17(20(22,23)24)25-19(26-18)28-11-14-4-3-5-15(21)9-14/h3-10H,11H2,1-2H3. The third-order valence-electron chi connectivity index (χ3n) is 3.93. The summed E-state index contributed by atoms with van der Waals surface area (Å²) in [6.07, 6.45) is -4.64. The van der Waals surface area contributed by atoms with Crippen LogP contribution in [0.4, 0.5) is 17.6 Å². The first-order chi connectivity index (χ1) is 13.2. The van der Waals surface area contributed by atoms with E-state index >= 15 is 0 Å². The van der Waals surface area contributed by atoms with Crippen LogP contribution in [-0.2, 0) is 11.9 Å². The maximum absolute atomic E-state index is 13.3. The molecule has 28 heavy (non-hydrogen) atoms. The van der Waals surface area contributed by atoms with Crippen molar-refractivity contribution >= 4 is 11.8 Å². The molecule has 0 unspecified atom stereocenters. The van der Waals surface area contributed by atoms with Crippen LogP contribution >= 0.6 is 11.8 Å². The number of benzene rings is 2. The molecule has 0 fully saturated rings. The molecule has 1 aromatic heterocycles. The molecule has 146 valence electrons. The van der Waals surface area contributed by atoms with E-state index in [4.69, 9.17) is 4.74 Å². The van der Waals surface area contributed by atoms with Gasteiger partial charge in [-0.1, -0.05) is 30.0 Å². The monoisotopic (exact) mass is 408 g/mol. The van der Waals surface area contributed by atoms with Crippen LogP contribution in [0.3, 0.4) is 0 Å². The second-order valence-corrected chi connectivity index (χ2v) is 7.08. The summed E-state index contributed by atoms with van der Waals surface area (Å²) in [4.78, 5) is 7.64. The van der Waals surface area contributed by atoms with E-state index < -0.39 is 17.7 Å². The van der Waals surface area contributed by atoms with Crippen LogP contribution in [0.5, 0.6) is 11.6 Å². The first-order valence-corrected chi connectivity index (χ1v) is 9.28. The Morgan fingerprint density at radius 2 is 1.75 bits per heavy atom. The number of hydrogen-bond donors (Lipinski definition) is 0. The van der Waals surface area contributed by atoms with Crippen molar-refractivity contribution in [3.8, 4) is 11.6 Å². The number of nitrogens with zero attached hydrogens (tertiary/aromatic N) is 2. The van der Waals surface area contributed by atoms with Crippen molar-refractivity contribution in [1.82, 2.24) is 9.97 Å². The highest BCUT2D eigenvalue weighted by Crippen LogP contribution is 2.33. The zero-order valence-corrected chi connectivity index (χ0v) is 15.9. The number of rotatable bonds is 5. The van der Waals surface area contributed by atoms with Gasteiger partial charge in [-0.25, -0.2) is 9.37 Å². The third kappa shape index (κ3) is 5.22. The second-order valence-electron chi connectivity index (χ2n) is 6.14. The minimum atomic E-state index is -4.64. The van der Waals surface area contributed by atoms with Gasteiger partial charge in [0.2, 0.25) is 5.88 Å². The van der Waals surface area contributed by atoms with Crippen LogP contribution in [0, 0.1) is 19.7 Å². The lowest BCUT2D eigenvalue weighted by molar-refractivity contribution is -0.141. The Morgan fingerprint density at radius 3 is 2.43 bits per heavy atom. The van der Waals surface area contributed by atoms with Crippen molar-refractivity contribution in [3.63, 3.8) is 0 Å². The fourth-order valence-electron chi connectivity index (χ4n) is 2.34. The fourth-order valence-corrected chi connectivity index (χ4v) is 3.13. The first-order valence-electron chi connectivity index (χ1n) is 8.29. The van der Waals surface area contributed by atoms with Crippen LogP contribution < -0.4 is 4.74 Å². The van der Waals surface area contributed by atoms with Crippen molar-refractivity contribution in [2.75, 3.05) is 0 Å². The van der Waals surface area contributed by atoms with Gasteiger partial charge in [-0.2, -0.15) is 18.2 Å². The molecule has 1 heterocycles. The largest absolute Gasteiger partial charge is 0.439 e. The number of hydrogen-bond acceptors (Lipinski definition) is 4. The Hall–Kier alpha value is -2.61. The maximum atomic E-state index is 13.3. The number of aryl methyl sites for hydroxylation is 2. The lowest BCUT2D eigenvalue weighted by Crippen LogP contribution is -2.10. The van der Waals surface area contributed by atoms with Gasteiger partial charge >= 0.3 is 6.18 Å². The normalized spacial score (nSPS) is 11.5. The summed E-state index contributed by atoms with van der Waals surface area (Å²) in [5, 5.41) is -0.0991. The van der Waals surface area contributed by atoms with Crippen molar-refractivity contribution < 1.29 is 22.3 Å². The van der Waals surface area contributed by atoms with Crippen LogP contribution in [0.25, 0.3) is 0 Å². The van der Waals surface area contributed by atoms with E-state index in [-0.39, 0.29) is 16.8 Å². The predicted octanol–water partition coefficient (Wildman–Crippen LogP) is 6.34. The first kappa shape index (κ1) is 20.1. The summed E-state index contributed by atoms with van der Waals surface area (Å²) in [5.74, 6) is -0.00699. The van der Waals surface area contributed by atoms with Gasteiger partial charge in [0.05, 0.1) is 0 Å². The summed E-state index contributed by atoms with van der Waals surface area (Å²) < 4.78 is 58.5. The molecule has 3 rings (SSSR count). The van der Waals surface area contributed by atoms with Gasteiger partial charge in [-0.15, -0.1) is 0 Å². The lowest BCUT2D eigenvalue weighted by Gasteiger charge is -2.12. The van der Waals surface area contributed by atoms with Crippen molar-refractivity contribution in [3.05, 3.63) is 76.7 Å². The molecule has 3 nitrogen and oxygen atoms in total. The molecule has 0 radical (unpaired) electrons. The summed E-state index contributed by atoms with van der Waals surface area (Å²) in [6.45, 7) is 3.80. The van der Waals surface area contributed by atoms with Crippen LogP contribution in [-0.4, -0.2) is 9.97 Å². The molecule has 3 aromatic rings. The molecule has 0 saturated heterocycles. The summed E-state index contributed by atoms with van der Waals surface area (Å²) >= 11 is 0.974. The molecule has 0 amide bonds. The summed E-state index contributed by atoms with van der Waals surface area (Å²) in [5.41, 5.74) is 1.51. The molecule has 8 heteroatoms. The third-order valence-corrected chi connectivity index (χ3v) is 4.85. The van der Waals surface area contributed by atoms with Gasteiger partial charge in [-0.3, -0.25) is 0 Å². The summed E-state index contributed by atoms with van der Waals surface area (Å²) in [7, 11) is 0. The Labute approximate surface area is 163 Å². The van der Waals surface area contributed by atoms with Crippen LogP contribution in [0.15, 0.2) is 53.7 Å². The number of halogens is 4. The highest BCUT2D eigenvalue weighted by Gasteiger charge is 2.34. The minimum absolute atomic E-state index is 0.0991. The summed E-state index contributed by atoms with van der Waals surface area (Å²) in [6, 6.07) is 11.8. The van der Waals surface area contributed by atoms with Crippen LogP contribution in [0.1, 0.15) is 22.4 Å². The van der Waals surface area contributed by atoms with E-state index in [2.05, 4.69) is 9.97 Å². The van der Waals surface area contributed by atoms with Gasteiger partial charge < -0.3 is 4.74 Å². The topological polar surface area (TPSA) is 35.0 Å². The minimum Gasteiger partial charge on any atom is -0.439 e. The lowest BCUT2D eigenvalue weighted by atomic mass is 10.1. The van der Waals surface area contributed by atoms with Crippen molar-refractivity contribution in [2.45, 2.75) is 30.9 Å². The van der Waals surface area contributed by atoms with Gasteiger partial charge in [0.15, 0.2) is 10.9 Å². The van der Waals surface area contributed by atoms with Crippen LogP contribution in [0.2, 0.25) is 0 Å². The van der Waals surface area contributed by atoms with E-state index in [1.807, 2.05) is 19.9 Å². The van der Waals surface area contributed by atoms with Gasteiger partial charge in [-0.05, 0) is 54.8 Å². The van der Waals surface area contributed by atoms with E-state index in [1.165, 1.54) is 18.2 Å². The Kier molecular flexibility index (Phi) is 5.88. The molecule has 0 aliphatic rings. The molecule has 2 aromatic carbocycles. The van der Waals surface area contributed by atoms with Crippen molar-refractivity contribution in [1.29, 1.82) is 0 Å². The molecule has 0 atom stereocenters. The number of ether oxygens (including phenoxy) is 1. The Morgan fingerprint density at radius 1 is 0.964 bits per heavy atom. The number of aromatic nitrogens is 2. The van der Waals surface area contributed by atoms with E-state index in [9.17, 15) is 17.6 Å². The highest BCUT2D eigenvalue weighted by molar-refractivity contribution is 7.98. The predicted molar refractivity (Wildman–Crippen MR) is 99.0 cm³/mol. The van der Waals surface area contributed by atoms with E-state index in [1.54, 1.807) is 18.2 Å². The smallest absolute Gasteiger partial charge is 0.433 e. The molecule has 0 saturated carbocycles. The zero-order chi connectivity index (χ0) is 20.3. The Bertz CT molecular complexity index is 992. The molecule has 0 aliphatic carbocycles. The van der Waals surface area contributed by atoms with E-state index in [0.29, 0.717) is 11.3 Å². The zero-order valence-electron chi connectivity index (χ0n) is 15.0. The van der Waals surface area contributed by atoms with Gasteiger partial charge in [0, 0.05) is 11.8 Å². The SMILES string of the molecule is Cc1ccc(Oc2cc(C(F)(F)F)nc(SCc3cccc(F)c3)n2)cc1C. The van der Waals surface area contributed by atoms with E-state index in [0.717, 1.165) is 29.0 Å². The van der Waals surface area contributed by atoms with Gasteiger partial charge in [0.25, 0.3) is 0 Å². The maximum Gasteiger partial charge on any atom is 0.433 e. The fraction of sp³-hybridized carbons (Fsp3) is 0.200. The average Bonchev–Trinajstić information content (AvgIpc) is 2.62. The Balaban J connectivity index is 1.87. The highest BCUT2D eigenvalue weighted by atomic mass is 32.2.